The van der Waals surface area contributed by atoms with Crippen molar-refractivity contribution in [1.29, 1.82) is 0 Å². The van der Waals surface area contributed by atoms with Crippen molar-refractivity contribution in [2.24, 2.45) is 7.05 Å². The number of carbonyl (C=O) groups excluding carboxylic acids is 1. The van der Waals surface area contributed by atoms with Gasteiger partial charge in [-0.05, 0) is 18.6 Å². The number of phenols is 1. The molecule has 1 N–H and O–H groups in total. The highest BCUT2D eigenvalue weighted by molar-refractivity contribution is 5.97. The predicted molar refractivity (Wildman–Crippen MR) is 61.8 cm³/mol. The van der Waals surface area contributed by atoms with E-state index in [-0.39, 0.29) is 11.3 Å². The summed E-state index contributed by atoms with van der Waals surface area (Å²) in [6, 6.07) is 3.31. The molecule has 4 heteroatoms. The average molecular weight is 218 g/mol. The van der Waals surface area contributed by atoms with Gasteiger partial charge >= 0.3 is 0 Å². The van der Waals surface area contributed by atoms with Crippen LogP contribution in [0.15, 0.2) is 12.1 Å². The Labute approximate surface area is 93.5 Å². The van der Waals surface area contributed by atoms with Gasteiger partial charge in [0.15, 0.2) is 6.29 Å². The maximum atomic E-state index is 10.9. The summed E-state index contributed by atoms with van der Waals surface area (Å²) < 4.78 is 1.96. The second-order valence-corrected chi connectivity index (χ2v) is 3.82. The van der Waals surface area contributed by atoms with Gasteiger partial charge in [-0.1, -0.05) is 6.92 Å². The fourth-order valence-corrected chi connectivity index (χ4v) is 1.88. The van der Waals surface area contributed by atoms with Crippen LogP contribution in [0.5, 0.6) is 5.75 Å². The smallest absolute Gasteiger partial charge is 0.156 e. The van der Waals surface area contributed by atoms with E-state index in [1.807, 2.05) is 11.6 Å². The molecule has 1 aromatic carbocycles. The molecular formula is C12H14N2O2. The number of aryl methyl sites for hydroxylation is 2. The predicted octanol–water partition coefficient (Wildman–Crippen LogP) is 2.04. The Balaban J connectivity index is 2.75. The van der Waals surface area contributed by atoms with Crippen LogP contribution in [-0.4, -0.2) is 20.9 Å². The topological polar surface area (TPSA) is 55.1 Å². The zero-order chi connectivity index (χ0) is 11.7. The number of nitrogens with zero attached hydrogens (tertiary/aromatic N) is 2. The minimum atomic E-state index is -0.0105. The first-order valence-electron chi connectivity index (χ1n) is 5.31. The molecule has 16 heavy (non-hydrogen) atoms. The lowest BCUT2D eigenvalue weighted by Gasteiger charge is -2.00. The summed E-state index contributed by atoms with van der Waals surface area (Å²) in [7, 11) is 1.92. The molecule has 0 aliphatic heterocycles. The van der Waals surface area contributed by atoms with Crippen molar-refractivity contribution in [1.82, 2.24) is 9.55 Å². The lowest BCUT2D eigenvalue weighted by atomic mass is 10.2. The summed E-state index contributed by atoms with van der Waals surface area (Å²) >= 11 is 0. The van der Waals surface area contributed by atoms with Crippen molar-refractivity contribution in [2.45, 2.75) is 19.8 Å². The third kappa shape index (κ3) is 1.46. The highest BCUT2D eigenvalue weighted by Crippen LogP contribution is 2.25. The number of hydrogen-bond acceptors (Lipinski definition) is 3. The van der Waals surface area contributed by atoms with Gasteiger partial charge in [-0.25, -0.2) is 4.98 Å². The van der Waals surface area contributed by atoms with Gasteiger partial charge in [-0.15, -0.1) is 0 Å². The van der Waals surface area contributed by atoms with E-state index in [1.165, 1.54) is 6.07 Å². The molecule has 0 aliphatic rings. The van der Waals surface area contributed by atoms with Gasteiger partial charge in [0.1, 0.15) is 17.1 Å². The molecule has 0 atom stereocenters. The number of aldehydes is 1. The van der Waals surface area contributed by atoms with Gasteiger partial charge in [0.2, 0.25) is 0 Å². The third-order valence-corrected chi connectivity index (χ3v) is 2.75. The first kappa shape index (κ1) is 10.7. The summed E-state index contributed by atoms with van der Waals surface area (Å²) in [6.45, 7) is 2.08. The monoisotopic (exact) mass is 218 g/mol. The van der Waals surface area contributed by atoms with Crippen molar-refractivity contribution in [3.05, 3.63) is 23.5 Å². The summed E-state index contributed by atoms with van der Waals surface area (Å²) in [5.74, 6) is 0.926. The minimum Gasteiger partial charge on any atom is -0.507 e. The van der Waals surface area contributed by atoms with E-state index >= 15 is 0 Å². The highest BCUT2D eigenvalue weighted by Gasteiger charge is 2.13. The molecule has 1 heterocycles. The molecule has 84 valence electrons. The molecule has 0 saturated carbocycles. The molecular weight excluding hydrogens is 204 g/mol. The number of hydrogen-bond donors (Lipinski definition) is 1. The molecule has 0 radical (unpaired) electrons. The molecule has 0 aliphatic carbocycles. The number of aromatic nitrogens is 2. The summed E-state index contributed by atoms with van der Waals surface area (Å²) in [5, 5.41) is 9.56. The Morgan fingerprint density at radius 3 is 2.88 bits per heavy atom. The summed E-state index contributed by atoms with van der Waals surface area (Å²) in [6.07, 6.45) is 2.52. The molecule has 0 spiro atoms. The summed E-state index contributed by atoms with van der Waals surface area (Å²) in [4.78, 5) is 15.3. The van der Waals surface area contributed by atoms with Crippen molar-refractivity contribution < 1.29 is 9.90 Å². The fourth-order valence-electron chi connectivity index (χ4n) is 1.88. The molecule has 0 fully saturated rings. The molecule has 0 unspecified atom stereocenters. The number of rotatable bonds is 3. The van der Waals surface area contributed by atoms with Crippen LogP contribution in [-0.2, 0) is 13.5 Å². The second-order valence-electron chi connectivity index (χ2n) is 3.82. The zero-order valence-electron chi connectivity index (χ0n) is 9.40. The largest absolute Gasteiger partial charge is 0.507 e. The van der Waals surface area contributed by atoms with Gasteiger partial charge in [-0.2, -0.15) is 0 Å². The van der Waals surface area contributed by atoms with Crippen LogP contribution in [0.3, 0.4) is 0 Å². The molecule has 0 bridgehead atoms. The SMILES string of the molecule is CCCc1nc2c(C=O)c(O)ccc2n1C. The van der Waals surface area contributed by atoms with E-state index in [2.05, 4.69) is 11.9 Å². The lowest BCUT2D eigenvalue weighted by Crippen LogP contribution is -1.96. The number of aromatic hydroxyl groups is 1. The third-order valence-electron chi connectivity index (χ3n) is 2.75. The average Bonchev–Trinajstić information content (AvgIpc) is 2.57. The highest BCUT2D eigenvalue weighted by atomic mass is 16.3. The minimum absolute atomic E-state index is 0.0105. The Morgan fingerprint density at radius 1 is 1.50 bits per heavy atom. The maximum Gasteiger partial charge on any atom is 0.156 e. The maximum absolute atomic E-state index is 10.9. The molecule has 0 amide bonds. The van der Waals surface area contributed by atoms with Crippen LogP contribution >= 0.6 is 0 Å². The van der Waals surface area contributed by atoms with Crippen LogP contribution in [0.4, 0.5) is 0 Å². The lowest BCUT2D eigenvalue weighted by molar-refractivity contribution is 0.112. The van der Waals surface area contributed by atoms with Crippen LogP contribution < -0.4 is 0 Å². The normalized spacial score (nSPS) is 10.9. The number of fused-ring (bicyclic) bond motifs is 1. The number of benzene rings is 1. The number of imidazole rings is 1. The van der Waals surface area contributed by atoms with Gasteiger partial charge < -0.3 is 9.67 Å². The van der Waals surface area contributed by atoms with Crippen molar-refractivity contribution >= 4 is 17.3 Å². The Morgan fingerprint density at radius 2 is 2.25 bits per heavy atom. The first-order valence-corrected chi connectivity index (χ1v) is 5.31. The van der Waals surface area contributed by atoms with Crippen molar-refractivity contribution in [2.75, 3.05) is 0 Å². The van der Waals surface area contributed by atoms with Crippen LogP contribution in [0.2, 0.25) is 0 Å². The van der Waals surface area contributed by atoms with Crippen LogP contribution in [0.25, 0.3) is 11.0 Å². The first-order chi connectivity index (χ1) is 7.69. The van der Waals surface area contributed by atoms with Gasteiger partial charge in [0, 0.05) is 13.5 Å². The van der Waals surface area contributed by atoms with Gasteiger partial charge in [0.05, 0.1) is 11.1 Å². The van der Waals surface area contributed by atoms with Crippen LogP contribution in [0, 0.1) is 0 Å². The van der Waals surface area contributed by atoms with E-state index < -0.39 is 0 Å². The van der Waals surface area contributed by atoms with Gasteiger partial charge in [0.25, 0.3) is 0 Å². The van der Waals surface area contributed by atoms with Crippen LogP contribution in [0.1, 0.15) is 29.5 Å². The second kappa shape index (κ2) is 3.96. The number of carbonyl (C=O) groups is 1. The molecule has 2 aromatic rings. The van der Waals surface area contributed by atoms with Gasteiger partial charge in [-0.3, -0.25) is 4.79 Å². The molecule has 2 rings (SSSR count). The fraction of sp³-hybridized carbons (Fsp3) is 0.333. The Bertz CT molecular complexity index is 543. The van der Waals surface area contributed by atoms with E-state index in [4.69, 9.17) is 0 Å². The summed E-state index contributed by atoms with van der Waals surface area (Å²) in [5.41, 5.74) is 1.74. The molecule has 4 nitrogen and oxygen atoms in total. The number of phenolic OH excluding ortho intramolecular Hbond substituents is 1. The molecule has 0 saturated heterocycles. The Kier molecular flexibility index (Phi) is 2.64. The standard InChI is InChI=1S/C12H14N2O2/c1-3-4-11-13-12-8(7-15)10(16)6-5-9(12)14(11)2/h5-7,16H,3-4H2,1-2H3. The molecule has 1 aromatic heterocycles. The Hall–Kier alpha value is -1.84. The van der Waals surface area contributed by atoms with E-state index in [0.29, 0.717) is 11.8 Å². The zero-order valence-corrected chi connectivity index (χ0v) is 9.40. The van der Waals surface area contributed by atoms with Crippen molar-refractivity contribution in [3.63, 3.8) is 0 Å². The van der Waals surface area contributed by atoms with E-state index in [1.54, 1.807) is 6.07 Å². The van der Waals surface area contributed by atoms with E-state index in [9.17, 15) is 9.90 Å². The quantitative estimate of drug-likeness (QED) is 0.802. The van der Waals surface area contributed by atoms with E-state index in [0.717, 1.165) is 24.2 Å². The van der Waals surface area contributed by atoms with Crippen molar-refractivity contribution in [3.8, 4) is 5.75 Å².